The summed E-state index contributed by atoms with van der Waals surface area (Å²) in [5.41, 5.74) is 1.47. The van der Waals surface area contributed by atoms with Crippen molar-refractivity contribution in [2.24, 2.45) is 0 Å². The minimum absolute atomic E-state index is 0.310. The van der Waals surface area contributed by atoms with Crippen molar-refractivity contribution in [1.29, 1.82) is 0 Å². The highest BCUT2D eigenvalue weighted by atomic mass is 32.2. The molecule has 0 spiro atoms. The van der Waals surface area contributed by atoms with Crippen LogP contribution in [0.25, 0.3) is 0 Å². The molecule has 2 aromatic carbocycles. The lowest BCUT2D eigenvalue weighted by Gasteiger charge is -2.17. The zero-order valence-electron chi connectivity index (χ0n) is 19.0. The van der Waals surface area contributed by atoms with Crippen molar-refractivity contribution < 1.29 is 32.2 Å². The van der Waals surface area contributed by atoms with Crippen LogP contribution >= 0.6 is 24.1 Å². The van der Waals surface area contributed by atoms with E-state index >= 15 is 0 Å². The molecular formula is C24H26O7S2. The monoisotopic (exact) mass is 490 g/mol. The Kier molecular flexibility index (Phi) is 10.4. The van der Waals surface area contributed by atoms with E-state index in [2.05, 4.69) is 13.2 Å². The summed E-state index contributed by atoms with van der Waals surface area (Å²) in [6.07, 6.45) is 2.18. The van der Waals surface area contributed by atoms with Crippen LogP contribution in [0.3, 0.4) is 0 Å². The van der Waals surface area contributed by atoms with Crippen molar-refractivity contribution in [3.05, 3.63) is 60.7 Å². The van der Waals surface area contributed by atoms with E-state index in [1.54, 1.807) is 12.1 Å². The summed E-state index contributed by atoms with van der Waals surface area (Å²) in [4.78, 5) is 24.8. The lowest BCUT2D eigenvalue weighted by molar-refractivity contribution is -0.130. The highest BCUT2D eigenvalue weighted by Gasteiger charge is 2.20. The molecule has 7 nitrogen and oxygen atoms in total. The maximum Gasteiger partial charge on any atom is 0.335 e. The minimum atomic E-state index is -0.584. The molecule has 0 aromatic heterocycles. The van der Waals surface area contributed by atoms with E-state index < -0.39 is 11.9 Å². The van der Waals surface area contributed by atoms with Crippen LogP contribution in [-0.4, -0.2) is 25.2 Å². The van der Waals surface area contributed by atoms with Crippen molar-refractivity contribution in [2.45, 2.75) is 37.5 Å². The number of rotatable bonds is 12. The third-order valence-corrected chi connectivity index (χ3v) is 5.66. The SMILES string of the molecule is C=CC(=O)Oc1c(C)ccc(SOSc2ccc(C)c(OC(=O)C=C)c2OCC)c1OCC. The van der Waals surface area contributed by atoms with Gasteiger partial charge in [-0.25, -0.2) is 13.2 Å². The van der Waals surface area contributed by atoms with Gasteiger partial charge in [0.15, 0.2) is 23.0 Å². The molecule has 0 aliphatic carbocycles. The summed E-state index contributed by atoms with van der Waals surface area (Å²) in [7, 11) is 0. The molecule has 0 bridgehead atoms. The molecule has 0 aliphatic heterocycles. The topological polar surface area (TPSA) is 80.3 Å². The Bertz CT molecular complexity index is 952. The molecule has 0 saturated carbocycles. The Balaban J connectivity index is 2.29. The fourth-order valence-electron chi connectivity index (χ4n) is 2.61. The Morgan fingerprint density at radius 1 is 0.758 bits per heavy atom. The zero-order chi connectivity index (χ0) is 24.4. The van der Waals surface area contributed by atoms with Crippen molar-refractivity contribution >= 4 is 36.0 Å². The number of carbonyl (C=O) groups excluding carboxylic acids is 2. The van der Waals surface area contributed by atoms with Gasteiger partial charge in [0, 0.05) is 36.2 Å². The first-order valence-electron chi connectivity index (χ1n) is 10.1. The number of ether oxygens (including phenoxy) is 4. The molecule has 9 heteroatoms. The number of hydrogen-bond acceptors (Lipinski definition) is 9. The van der Waals surface area contributed by atoms with E-state index in [0.717, 1.165) is 47.4 Å². The summed E-state index contributed by atoms with van der Waals surface area (Å²) < 4.78 is 28.0. The second kappa shape index (κ2) is 13.0. The largest absolute Gasteiger partial charge is 0.489 e. The van der Waals surface area contributed by atoms with Crippen LogP contribution in [0, 0.1) is 13.8 Å². The van der Waals surface area contributed by atoms with Crippen LogP contribution in [0.1, 0.15) is 25.0 Å². The fourth-order valence-corrected chi connectivity index (χ4v) is 4.03. The summed E-state index contributed by atoms with van der Waals surface area (Å²) in [6, 6.07) is 7.23. The smallest absolute Gasteiger partial charge is 0.335 e. The summed E-state index contributed by atoms with van der Waals surface area (Å²) in [6.45, 7) is 14.9. The van der Waals surface area contributed by atoms with E-state index in [1.165, 1.54) is 0 Å². The van der Waals surface area contributed by atoms with Gasteiger partial charge >= 0.3 is 11.9 Å². The van der Waals surface area contributed by atoms with E-state index in [4.69, 9.17) is 22.6 Å². The summed E-state index contributed by atoms with van der Waals surface area (Å²) >= 11 is 2.07. The molecule has 0 saturated heterocycles. The maximum atomic E-state index is 11.8. The normalized spacial score (nSPS) is 10.3. The van der Waals surface area contributed by atoms with Crippen LogP contribution in [0.2, 0.25) is 0 Å². The molecule has 0 heterocycles. The Hall–Kier alpha value is -2.88. The Morgan fingerprint density at radius 3 is 1.48 bits per heavy atom. The van der Waals surface area contributed by atoms with E-state index in [-0.39, 0.29) is 0 Å². The van der Waals surface area contributed by atoms with Gasteiger partial charge in [-0.1, -0.05) is 25.3 Å². The molecule has 0 N–H and O–H groups in total. The van der Waals surface area contributed by atoms with Gasteiger partial charge in [0.2, 0.25) is 0 Å². The first-order valence-corrected chi connectivity index (χ1v) is 11.6. The third-order valence-electron chi connectivity index (χ3n) is 4.11. The van der Waals surface area contributed by atoms with Gasteiger partial charge in [-0.2, -0.15) is 0 Å². The number of aryl methyl sites for hydroxylation is 2. The van der Waals surface area contributed by atoms with E-state index in [9.17, 15) is 9.59 Å². The minimum Gasteiger partial charge on any atom is -0.489 e. The second-order valence-electron chi connectivity index (χ2n) is 6.43. The number of esters is 2. The van der Waals surface area contributed by atoms with Crippen LogP contribution in [0.15, 0.2) is 59.4 Å². The van der Waals surface area contributed by atoms with Gasteiger partial charge < -0.3 is 18.9 Å². The highest BCUT2D eigenvalue weighted by Crippen LogP contribution is 2.46. The van der Waals surface area contributed by atoms with Crippen LogP contribution in [0.4, 0.5) is 0 Å². The average molecular weight is 491 g/mol. The first kappa shape index (κ1) is 26.4. The predicted octanol–water partition coefficient (Wildman–Crippen LogP) is 6.01. The third kappa shape index (κ3) is 7.05. The van der Waals surface area contributed by atoms with Gasteiger partial charge in [0.1, 0.15) is 0 Å². The summed E-state index contributed by atoms with van der Waals surface area (Å²) in [5.74, 6) is 0.243. The van der Waals surface area contributed by atoms with Crippen molar-refractivity contribution in [2.75, 3.05) is 13.2 Å². The molecule has 0 atom stereocenters. The lowest BCUT2D eigenvalue weighted by atomic mass is 10.2. The van der Waals surface area contributed by atoms with E-state index in [1.807, 2.05) is 39.8 Å². The van der Waals surface area contributed by atoms with Crippen LogP contribution in [0.5, 0.6) is 23.0 Å². The molecule has 0 amide bonds. The van der Waals surface area contributed by atoms with Crippen molar-refractivity contribution in [1.82, 2.24) is 0 Å². The molecule has 2 aromatic rings. The number of carbonyl (C=O) groups is 2. The summed E-state index contributed by atoms with van der Waals surface area (Å²) in [5, 5.41) is 0. The molecule has 0 aliphatic rings. The molecule has 0 fully saturated rings. The highest BCUT2D eigenvalue weighted by molar-refractivity contribution is 8.08. The van der Waals surface area contributed by atoms with Gasteiger partial charge in [-0.05, 0) is 51.0 Å². The average Bonchev–Trinajstić information content (AvgIpc) is 2.80. The van der Waals surface area contributed by atoms with E-state index in [0.29, 0.717) is 46.0 Å². The molecule has 2 rings (SSSR count). The van der Waals surface area contributed by atoms with Gasteiger partial charge in [-0.3, -0.25) is 0 Å². The number of benzene rings is 2. The van der Waals surface area contributed by atoms with Crippen LogP contribution in [-0.2, 0) is 13.2 Å². The lowest BCUT2D eigenvalue weighted by Crippen LogP contribution is -2.07. The maximum absolute atomic E-state index is 11.8. The first-order chi connectivity index (χ1) is 15.9. The molecule has 0 radical (unpaired) electrons. The molecule has 176 valence electrons. The quantitative estimate of drug-likeness (QED) is 0.154. The Morgan fingerprint density at radius 2 is 1.15 bits per heavy atom. The van der Waals surface area contributed by atoms with Gasteiger partial charge in [0.05, 0.1) is 23.0 Å². The number of hydrogen-bond donors (Lipinski definition) is 0. The predicted molar refractivity (Wildman–Crippen MR) is 129 cm³/mol. The van der Waals surface area contributed by atoms with Crippen LogP contribution < -0.4 is 18.9 Å². The standard InChI is InChI=1S/C24H26O7S2/c1-7-19(25)29-21-15(5)11-13-17(23(21)27-9-3)32-31-33-18-14-12-16(6)22(24(18)28-10-4)30-20(26)8-2/h7-8,11-14H,1-2,9-10H2,3-6H3. The second-order valence-corrected chi connectivity index (χ2v) is 8.19. The van der Waals surface area contributed by atoms with Crippen molar-refractivity contribution in [3.8, 4) is 23.0 Å². The van der Waals surface area contributed by atoms with Crippen molar-refractivity contribution in [3.63, 3.8) is 0 Å². The van der Waals surface area contributed by atoms with Gasteiger partial charge in [-0.15, -0.1) is 0 Å². The molecule has 33 heavy (non-hydrogen) atoms. The molecule has 0 unspecified atom stereocenters. The molecular weight excluding hydrogens is 464 g/mol. The fraction of sp³-hybridized carbons (Fsp3) is 0.250. The zero-order valence-corrected chi connectivity index (χ0v) is 20.6. The van der Waals surface area contributed by atoms with Gasteiger partial charge in [0.25, 0.3) is 0 Å². The Labute approximate surface area is 202 Å².